The van der Waals surface area contributed by atoms with Gasteiger partial charge in [-0.1, -0.05) is 25.1 Å². The van der Waals surface area contributed by atoms with Crippen LogP contribution in [0.25, 0.3) is 11.0 Å². The maximum absolute atomic E-state index is 12.9. The van der Waals surface area contributed by atoms with E-state index in [9.17, 15) is 9.59 Å². The smallest absolute Gasteiger partial charge is 0.260 e. The molecule has 1 saturated heterocycles. The summed E-state index contributed by atoms with van der Waals surface area (Å²) in [6.45, 7) is 7.96. The number of ether oxygens (including phenoxy) is 2. The van der Waals surface area contributed by atoms with Gasteiger partial charge in [0.05, 0.1) is 5.39 Å². The zero-order valence-corrected chi connectivity index (χ0v) is 17.8. The first-order chi connectivity index (χ1) is 15.0. The van der Waals surface area contributed by atoms with Crippen LogP contribution in [0.5, 0.6) is 17.2 Å². The standard InChI is InChI=1S/C24H26N2O5/c1-3-25-11-13-26(14-12-25)22(27)16-29-19-9-10-20-21(15-19)30-17(2)24(23(20)28)31-18-7-5-4-6-8-18/h4-10,15H,3,11-14,16H2,1-2H3. The Morgan fingerprint density at radius 2 is 1.77 bits per heavy atom. The van der Waals surface area contributed by atoms with Crippen LogP contribution < -0.4 is 14.9 Å². The summed E-state index contributed by atoms with van der Waals surface area (Å²) in [7, 11) is 0. The third-order valence-electron chi connectivity index (χ3n) is 5.48. The van der Waals surface area contributed by atoms with Gasteiger partial charge >= 0.3 is 0 Å². The minimum Gasteiger partial charge on any atom is -0.484 e. The number of fused-ring (bicyclic) bond motifs is 1. The quantitative estimate of drug-likeness (QED) is 0.606. The van der Waals surface area contributed by atoms with E-state index in [0.717, 1.165) is 19.6 Å². The Bertz CT molecular complexity index is 1120. The highest BCUT2D eigenvalue weighted by molar-refractivity contribution is 5.80. The highest BCUT2D eigenvalue weighted by Gasteiger charge is 2.21. The van der Waals surface area contributed by atoms with Crippen LogP contribution in [0.15, 0.2) is 57.7 Å². The molecule has 0 spiro atoms. The lowest BCUT2D eigenvalue weighted by atomic mass is 10.2. The molecular weight excluding hydrogens is 396 g/mol. The van der Waals surface area contributed by atoms with Gasteiger partial charge in [-0.05, 0) is 37.7 Å². The molecule has 0 bridgehead atoms. The van der Waals surface area contributed by atoms with Crippen molar-refractivity contribution in [1.29, 1.82) is 0 Å². The third-order valence-corrected chi connectivity index (χ3v) is 5.48. The van der Waals surface area contributed by atoms with Crippen molar-refractivity contribution in [3.63, 3.8) is 0 Å². The zero-order chi connectivity index (χ0) is 21.8. The van der Waals surface area contributed by atoms with E-state index in [-0.39, 0.29) is 23.7 Å². The number of piperazine rings is 1. The van der Waals surface area contributed by atoms with Gasteiger partial charge < -0.3 is 23.7 Å². The van der Waals surface area contributed by atoms with Gasteiger partial charge in [-0.15, -0.1) is 0 Å². The highest BCUT2D eigenvalue weighted by Crippen LogP contribution is 2.27. The Morgan fingerprint density at radius 1 is 1.03 bits per heavy atom. The van der Waals surface area contributed by atoms with E-state index in [1.165, 1.54) is 0 Å². The Morgan fingerprint density at radius 3 is 2.48 bits per heavy atom. The van der Waals surface area contributed by atoms with E-state index >= 15 is 0 Å². The van der Waals surface area contributed by atoms with Gasteiger partial charge in [-0.2, -0.15) is 0 Å². The monoisotopic (exact) mass is 422 g/mol. The van der Waals surface area contributed by atoms with E-state index < -0.39 is 0 Å². The molecule has 1 amide bonds. The van der Waals surface area contributed by atoms with Crippen molar-refractivity contribution in [2.75, 3.05) is 39.3 Å². The molecule has 0 saturated carbocycles. The number of amides is 1. The molecule has 0 atom stereocenters. The van der Waals surface area contributed by atoms with Crippen molar-refractivity contribution in [3.05, 3.63) is 64.5 Å². The number of hydrogen-bond acceptors (Lipinski definition) is 6. The van der Waals surface area contributed by atoms with Crippen LogP contribution >= 0.6 is 0 Å². The number of aryl methyl sites for hydroxylation is 1. The second kappa shape index (κ2) is 9.22. The molecule has 162 valence electrons. The number of nitrogens with zero attached hydrogens (tertiary/aromatic N) is 2. The van der Waals surface area contributed by atoms with Gasteiger partial charge in [0.25, 0.3) is 5.91 Å². The largest absolute Gasteiger partial charge is 0.484 e. The molecule has 0 aliphatic carbocycles. The van der Waals surface area contributed by atoms with Crippen molar-refractivity contribution < 1.29 is 18.7 Å². The Balaban J connectivity index is 1.46. The van der Waals surface area contributed by atoms with E-state index in [1.807, 2.05) is 23.1 Å². The van der Waals surface area contributed by atoms with Gasteiger partial charge in [0.15, 0.2) is 6.61 Å². The summed E-state index contributed by atoms with van der Waals surface area (Å²) < 4.78 is 17.3. The fourth-order valence-electron chi connectivity index (χ4n) is 3.63. The fraction of sp³-hybridized carbons (Fsp3) is 0.333. The Kier molecular flexibility index (Phi) is 6.23. The molecule has 7 nitrogen and oxygen atoms in total. The predicted molar refractivity (Wildman–Crippen MR) is 118 cm³/mol. The highest BCUT2D eigenvalue weighted by atomic mass is 16.5. The summed E-state index contributed by atoms with van der Waals surface area (Å²) in [5, 5.41) is 0.394. The van der Waals surface area contributed by atoms with E-state index in [0.29, 0.717) is 41.3 Å². The lowest BCUT2D eigenvalue weighted by molar-refractivity contribution is -0.135. The van der Waals surface area contributed by atoms with Crippen LogP contribution in [0.2, 0.25) is 0 Å². The van der Waals surface area contributed by atoms with Crippen LogP contribution in [-0.4, -0.2) is 55.0 Å². The van der Waals surface area contributed by atoms with Crippen LogP contribution in [0.4, 0.5) is 0 Å². The van der Waals surface area contributed by atoms with Gasteiger partial charge in [0, 0.05) is 32.2 Å². The maximum Gasteiger partial charge on any atom is 0.260 e. The fourth-order valence-corrected chi connectivity index (χ4v) is 3.63. The SMILES string of the molecule is CCN1CCN(C(=O)COc2ccc3c(=O)c(Oc4ccccc4)c(C)oc3c2)CC1. The first-order valence-electron chi connectivity index (χ1n) is 10.5. The zero-order valence-electron chi connectivity index (χ0n) is 17.8. The number of carbonyl (C=O) groups excluding carboxylic acids is 1. The number of rotatable bonds is 6. The predicted octanol–water partition coefficient (Wildman–Crippen LogP) is 3.44. The molecule has 2 heterocycles. The van der Waals surface area contributed by atoms with Gasteiger partial charge in [0.2, 0.25) is 11.2 Å². The molecule has 1 aromatic heterocycles. The van der Waals surface area contributed by atoms with E-state index in [2.05, 4.69) is 11.8 Å². The lowest BCUT2D eigenvalue weighted by Crippen LogP contribution is -2.49. The number of hydrogen-bond donors (Lipinski definition) is 0. The average Bonchev–Trinajstić information content (AvgIpc) is 2.80. The lowest BCUT2D eigenvalue weighted by Gasteiger charge is -2.33. The summed E-state index contributed by atoms with van der Waals surface area (Å²) in [5.41, 5.74) is 0.142. The molecule has 1 aliphatic heterocycles. The van der Waals surface area contributed by atoms with E-state index in [1.54, 1.807) is 37.3 Å². The van der Waals surface area contributed by atoms with Gasteiger partial charge in [-0.3, -0.25) is 9.59 Å². The van der Waals surface area contributed by atoms with Crippen molar-refractivity contribution in [2.24, 2.45) is 0 Å². The maximum atomic E-state index is 12.9. The average molecular weight is 422 g/mol. The molecule has 31 heavy (non-hydrogen) atoms. The Labute approximate surface area is 180 Å². The van der Waals surface area contributed by atoms with E-state index in [4.69, 9.17) is 13.9 Å². The molecule has 4 rings (SSSR count). The summed E-state index contributed by atoms with van der Waals surface area (Å²) in [6.07, 6.45) is 0. The van der Waals surface area contributed by atoms with Crippen LogP contribution in [0.1, 0.15) is 12.7 Å². The van der Waals surface area contributed by atoms with Crippen molar-refractivity contribution in [3.8, 4) is 17.2 Å². The number of para-hydroxylation sites is 1. The number of carbonyl (C=O) groups is 1. The van der Waals surface area contributed by atoms with Gasteiger partial charge in [0.1, 0.15) is 22.8 Å². The summed E-state index contributed by atoms with van der Waals surface area (Å²) in [6, 6.07) is 14.0. The number of likely N-dealkylation sites (N-methyl/N-ethyl adjacent to an activating group) is 1. The summed E-state index contributed by atoms with van der Waals surface area (Å²) >= 11 is 0. The molecular formula is C24H26N2O5. The van der Waals surface area contributed by atoms with Crippen molar-refractivity contribution in [1.82, 2.24) is 9.80 Å². The molecule has 0 radical (unpaired) electrons. The summed E-state index contributed by atoms with van der Waals surface area (Å²) in [5.74, 6) is 1.54. The molecule has 3 aromatic rings. The molecule has 1 fully saturated rings. The summed E-state index contributed by atoms with van der Waals surface area (Å²) in [4.78, 5) is 29.5. The van der Waals surface area contributed by atoms with Crippen molar-refractivity contribution >= 4 is 16.9 Å². The number of benzene rings is 2. The molecule has 1 aliphatic rings. The normalized spacial score (nSPS) is 14.6. The van der Waals surface area contributed by atoms with Gasteiger partial charge in [-0.25, -0.2) is 0 Å². The molecule has 0 unspecified atom stereocenters. The second-order valence-electron chi connectivity index (χ2n) is 7.49. The third kappa shape index (κ3) is 4.72. The first kappa shape index (κ1) is 20.9. The van der Waals surface area contributed by atoms with Crippen LogP contribution in [0, 0.1) is 6.92 Å². The van der Waals surface area contributed by atoms with Crippen LogP contribution in [-0.2, 0) is 4.79 Å². The Hall–Kier alpha value is -3.32. The van der Waals surface area contributed by atoms with Crippen LogP contribution in [0.3, 0.4) is 0 Å². The topological polar surface area (TPSA) is 72.2 Å². The molecule has 7 heteroatoms. The van der Waals surface area contributed by atoms with Crippen molar-refractivity contribution in [2.45, 2.75) is 13.8 Å². The first-order valence-corrected chi connectivity index (χ1v) is 10.5. The molecule has 0 N–H and O–H groups in total. The molecule has 2 aromatic carbocycles. The minimum absolute atomic E-state index is 0.0416. The second-order valence-corrected chi connectivity index (χ2v) is 7.49. The minimum atomic E-state index is -0.251.